The number of hydrogen-bond acceptors (Lipinski definition) is 4. The van der Waals surface area contributed by atoms with Crippen LogP contribution in [0.3, 0.4) is 0 Å². The van der Waals surface area contributed by atoms with Crippen LogP contribution < -0.4 is 5.32 Å². The number of nitrogens with zero attached hydrogens (tertiary/aromatic N) is 3. The number of amides is 3. The van der Waals surface area contributed by atoms with Gasteiger partial charge in [0, 0.05) is 40.3 Å². The lowest BCUT2D eigenvalue weighted by Crippen LogP contribution is -2.51. The van der Waals surface area contributed by atoms with Crippen molar-refractivity contribution in [1.82, 2.24) is 14.7 Å². The topological polar surface area (TPSA) is 73.0 Å². The normalized spacial score (nSPS) is 15.0. The first kappa shape index (κ1) is 17.9. The zero-order chi connectivity index (χ0) is 17.7. The van der Waals surface area contributed by atoms with Crippen molar-refractivity contribution in [3.8, 4) is 0 Å². The molecule has 1 aromatic rings. The van der Waals surface area contributed by atoms with Gasteiger partial charge in [0.05, 0.1) is 11.3 Å². The highest BCUT2D eigenvalue weighted by molar-refractivity contribution is 6.39. The Morgan fingerprint density at radius 2 is 1.71 bits per heavy atom. The highest BCUT2D eigenvalue weighted by atomic mass is 16.2. The minimum atomic E-state index is -0.709. The van der Waals surface area contributed by atoms with Gasteiger partial charge in [0.1, 0.15) is 0 Å². The molecule has 2 rings (SSSR count). The summed E-state index contributed by atoms with van der Waals surface area (Å²) in [5, 5.41) is 2.58. The first-order valence-electron chi connectivity index (χ1n) is 8.07. The molecular formula is C17H24N4O3. The van der Waals surface area contributed by atoms with E-state index < -0.39 is 11.8 Å². The van der Waals surface area contributed by atoms with Crippen LogP contribution in [-0.2, 0) is 9.59 Å². The number of likely N-dealkylation sites (N-methyl/N-ethyl adjacent to an activating group) is 1. The van der Waals surface area contributed by atoms with Crippen LogP contribution in [0.4, 0.5) is 5.69 Å². The van der Waals surface area contributed by atoms with E-state index >= 15 is 0 Å². The Hall–Kier alpha value is -2.41. The number of carbonyl (C=O) groups excluding carboxylic acids is 3. The van der Waals surface area contributed by atoms with Crippen LogP contribution in [0.2, 0.25) is 0 Å². The molecule has 0 atom stereocenters. The molecule has 24 heavy (non-hydrogen) atoms. The Kier molecular flexibility index (Phi) is 5.92. The van der Waals surface area contributed by atoms with Crippen molar-refractivity contribution in [2.75, 3.05) is 52.1 Å². The third-order valence-electron chi connectivity index (χ3n) is 4.11. The average molecular weight is 332 g/mol. The Labute approximate surface area is 142 Å². The molecule has 0 spiro atoms. The van der Waals surface area contributed by atoms with Gasteiger partial charge in [0.15, 0.2) is 0 Å². The van der Waals surface area contributed by atoms with Gasteiger partial charge in [-0.15, -0.1) is 0 Å². The van der Waals surface area contributed by atoms with Gasteiger partial charge < -0.3 is 20.0 Å². The minimum Gasteiger partial charge on any atom is -0.345 e. The Morgan fingerprint density at radius 1 is 1.08 bits per heavy atom. The molecule has 1 N–H and O–H groups in total. The summed E-state index contributed by atoms with van der Waals surface area (Å²) in [5.41, 5.74) is 0.709. The number of carbonyl (C=O) groups is 3. The lowest BCUT2D eigenvalue weighted by molar-refractivity contribution is -0.144. The van der Waals surface area contributed by atoms with E-state index in [1.54, 1.807) is 43.3 Å². The van der Waals surface area contributed by atoms with Crippen molar-refractivity contribution in [2.45, 2.75) is 6.92 Å². The third-order valence-corrected chi connectivity index (χ3v) is 4.11. The fraction of sp³-hybridized carbons (Fsp3) is 0.471. The molecule has 7 nitrogen and oxygen atoms in total. The molecule has 0 aliphatic carbocycles. The smallest absolute Gasteiger partial charge is 0.313 e. The lowest BCUT2D eigenvalue weighted by Gasteiger charge is -2.33. The maximum atomic E-state index is 12.3. The fourth-order valence-electron chi connectivity index (χ4n) is 2.61. The van der Waals surface area contributed by atoms with E-state index in [-0.39, 0.29) is 5.91 Å². The molecule has 1 saturated heterocycles. The summed E-state index contributed by atoms with van der Waals surface area (Å²) in [7, 11) is 3.28. The predicted molar refractivity (Wildman–Crippen MR) is 91.8 cm³/mol. The molecule has 1 heterocycles. The van der Waals surface area contributed by atoms with Crippen molar-refractivity contribution < 1.29 is 14.4 Å². The van der Waals surface area contributed by atoms with E-state index in [1.807, 2.05) is 0 Å². The Bertz CT molecular complexity index is 622. The quantitative estimate of drug-likeness (QED) is 0.818. The van der Waals surface area contributed by atoms with E-state index in [0.717, 1.165) is 19.6 Å². The van der Waals surface area contributed by atoms with Gasteiger partial charge in [-0.3, -0.25) is 14.4 Å². The molecule has 0 bridgehead atoms. The summed E-state index contributed by atoms with van der Waals surface area (Å²) in [5.74, 6) is -1.49. The van der Waals surface area contributed by atoms with Crippen molar-refractivity contribution in [3.63, 3.8) is 0 Å². The molecule has 130 valence electrons. The second-order valence-corrected chi connectivity index (χ2v) is 5.93. The maximum Gasteiger partial charge on any atom is 0.313 e. The predicted octanol–water partition coefficient (Wildman–Crippen LogP) is 0.491. The molecule has 3 amide bonds. The number of piperazine rings is 1. The fourth-order valence-corrected chi connectivity index (χ4v) is 2.61. The first-order chi connectivity index (χ1) is 11.4. The van der Waals surface area contributed by atoms with Crippen LogP contribution in [0.5, 0.6) is 0 Å². The number of benzene rings is 1. The maximum absolute atomic E-state index is 12.3. The van der Waals surface area contributed by atoms with Crippen molar-refractivity contribution in [3.05, 3.63) is 29.8 Å². The van der Waals surface area contributed by atoms with Crippen molar-refractivity contribution in [2.24, 2.45) is 0 Å². The molecular weight excluding hydrogens is 308 g/mol. The standard InChI is InChI=1S/C17H24N4O3/c1-4-20-9-11-21(12-10-20)17(24)15(22)18-14-8-6-5-7-13(14)16(23)19(2)3/h5-8H,4,9-12H2,1-3H3,(H,18,22). The van der Waals surface area contributed by atoms with Crippen LogP contribution >= 0.6 is 0 Å². The van der Waals surface area contributed by atoms with Gasteiger partial charge in [-0.05, 0) is 18.7 Å². The summed E-state index contributed by atoms with van der Waals surface area (Å²) in [6.45, 7) is 5.63. The molecule has 0 saturated carbocycles. The number of rotatable bonds is 3. The van der Waals surface area contributed by atoms with E-state index in [4.69, 9.17) is 0 Å². The van der Waals surface area contributed by atoms with Gasteiger partial charge in [-0.25, -0.2) is 0 Å². The van der Waals surface area contributed by atoms with Gasteiger partial charge in [0.2, 0.25) is 0 Å². The lowest BCUT2D eigenvalue weighted by atomic mass is 10.1. The number of hydrogen-bond donors (Lipinski definition) is 1. The van der Waals surface area contributed by atoms with Gasteiger partial charge >= 0.3 is 11.8 Å². The van der Waals surface area contributed by atoms with E-state index in [2.05, 4.69) is 17.1 Å². The second kappa shape index (κ2) is 7.92. The van der Waals surface area contributed by atoms with Gasteiger partial charge in [-0.2, -0.15) is 0 Å². The van der Waals surface area contributed by atoms with Crippen LogP contribution in [-0.4, -0.2) is 79.2 Å². The van der Waals surface area contributed by atoms with Crippen LogP contribution in [0.1, 0.15) is 17.3 Å². The second-order valence-electron chi connectivity index (χ2n) is 5.93. The minimum absolute atomic E-state index is 0.227. The SMILES string of the molecule is CCN1CCN(C(=O)C(=O)Nc2ccccc2C(=O)N(C)C)CC1. The third kappa shape index (κ3) is 4.11. The summed E-state index contributed by atoms with van der Waals surface area (Å²) >= 11 is 0. The molecule has 0 unspecified atom stereocenters. The highest BCUT2D eigenvalue weighted by Gasteiger charge is 2.26. The summed E-state index contributed by atoms with van der Waals surface area (Å²) in [6, 6.07) is 6.68. The van der Waals surface area contributed by atoms with Crippen LogP contribution in [0.25, 0.3) is 0 Å². The summed E-state index contributed by atoms with van der Waals surface area (Å²) in [4.78, 5) is 42.0. The largest absolute Gasteiger partial charge is 0.345 e. The van der Waals surface area contributed by atoms with Crippen molar-refractivity contribution in [1.29, 1.82) is 0 Å². The number of nitrogens with one attached hydrogen (secondary N) is 1. The van der Waals surface area contributed by atoms with Crippen LogP contribution in [0, 0.1) is 0 Å². The Balaban J connectivity index is 2.05. The zero-order valence-electron chi connectivity index (χ0n) is 14.4. The molecule has 0 radical (unpaired) electrons. The summed E-state index contributed by atoms with van der Waals surface area (Å²) < 4.78 is 0. The zero-order valence-corrected chi connectivity index (χ0v) is 14.4. The van der Waals surface area contributed by atoms with E-state index in [9.17, 15) is 14.4 Å². The molecule has 7 heteroatoms. The van der Waals surface area contributed by atoms with Gasteiger partial charge in [-0.1, -0.05) is 19.1 Å². The number of para-hydroxylation sites is 1. The molecule has 1 aliphatic heterocycles. The molecule has 1 aromatic carbocycles. The monoisotopic (exact) mass is 332 g/mol. The first-order valence-corrected chi connectivity index (χ1v) is 8.07. The summed E-state index contributed by atoms with van der Waals surface area (Å²) in [6.07, 6.45) is 0. The van der Waals surface area contributed by atoms with Crippen LogP contribution in [0.15, 0.2) is 24.3 Å². The average Bonchev–Trinajstić information content (AvgIpc) is 2.60. The molecule has 1 fully saturated rings. The Morgan fingerprint density at radius 3 is 2.29 bits per heavy atom. The highest BCUT2D eigenvalue weighted by Crippen LogP contribution is 2.16. The van der Waals surface area contributed by atoms with Crippen molar-refractivity contribution >= 4 is 23.4 Å². The molecule has 1 aliphatic rings. The van der Waals surface area contributed by atoms with Gasteiger partial charge in [0.25, 0.3) is 5.91 Å². The van der Waals surface area contributed by atoms with E-state index in [1.165, 1.54) is 4.90 Å². The number of anilines is 1. The molecule has 0 aromatic heterocycles. The van der Waals surface area contributed by atoms with E-state index in [0.29, 0.717) is 24.3 Å².